The molecule has 0 aliphatic rings. The maximum Gasteiger partial charge on any atom is 0.164 e. The van der Waals surface area contributed by atoms with Crippen LogP contribution < -0.4 is 5.32 Å². The first-order chi connectivity index (χ1) is 7.79. The minimum Gasteiger partial charge on any atom is -0.302 e. The van der Waals surface area contributed by atoms with E-state index in [9.17, 15) is 0 Å². The summed E-state index contributed by atoms with van der Waals surface area (Å²) < 4.78 is 0. The van der Waals surface area contributed by atoms with Gasteiger partial charge in [-0.2, -0.15) is 5.10 Å². The first kappa shape index (κ1) is 11.3. The number of thiophene rings is 1. The third kappa shape index (κ3) is 2.68. The smallest absolute Gasteiger partial charge is 0.164 e. The van der Waals surface area contributed by atoms with Crippen molar-refractivity contribution < 1.29 is 0 Å². The highest BCUT2D eigenvalue weighted by atomic mass is 32.1. The SMILES string of the molecule is CCC(NCc1n[nH]c(C)n1)c1cccs1. The lowest BCUT2D eigenvalue weighted by Gasteiger charge is -2.13. The summed E-state index contributed by atoms with van der Waals surface area (Å²) in [5.74, 6) is 1.69. The van der Waals surface area contributed by atoms with E-state index in [1.165, 1.54) is 4.88 Å². The van der Waals surface area contributed by atoms with Crippen LogP contribution in [0.5, 0.6) is 0 Å². The molecule has 5 heteroatoms. The molecule has 0 aliphatic heterocycles. The summed E-state index contributed by atoms with van der Waals surface area (Å²) in [6.07, 6.45) is 1.07. The van der Waals surface area contributed by atoms with E-state index >= 15 is 0 Å². The van der Waals surface area contributed by atoms with Gasteiger partial charge in [0.05, 0.1) is 6.54 Å². The van der Waals surface area contributed by atoms with Gasteiger partial charge in [-0.25, -0.2) is 4.98 Å². The molecule has 1 atom stereocenters. The molecule has 1 unspecified atom stereocenters. The lowest BCUT2D eigenvalue weighted by molar-refractivity contribution is 0.516. The minimum absolute atomic E-state index is 0.402. The van der Waals surface area contributed by atoms with Crippen LogP contribution in [0, 0.1) is 6.92 Å². The summed E-state index contributed by atoms with van der Waals surface area (Å²) in [6.45, 7) is 4.80. The number of nitrogens with zero attached hydrogens (tertiary/aromatic N) is 2. The van der Waals surface area contributed by atoms with E-state index in [1.807, 2.05) is 6.92 Å². The van der Waals surface area contributed by atoms with Gasteiger partial charge in [-0.3, -0.25) is 5.10 Å². The molecule has 0 saturated carbocycles. The van der Waals surface area contributed by atoms with E-state index in [-0.39, 0.29) is 0 Å². The highest BCUT2D eigenvalue weighted by Gasteiger charge is 2.10. The summed E-state index contributed by atoms with van der Waals surface area (Å²) in [6, 6.07) is 4.65. The summed E-state index contributed by atoms with van der Waals surface area (Å²) >= 11 is 1.78. The molecule has 0 bridgehead atoms. The minimum atomic E-state index is 0.402. The molecule has 16 heavy (non-hydrogen) atoms. The van der Waals surface area contributed by atoms with Gasteiger partial charge in [0.1, 0.15) is 5.82 Å². The second-order valence-corrected chi connectivity index (χ2v) is 4.67. The van der Waals surface area contributed by atoms with E-state index in [2.05, 4.69) is 44.9 Å². The van der Waals surface area contributed by atoms with E-state index in [0.717, 1.165) is 18.1 Å². The molecular formula is C11H16N4S. The Morgan fingerprint density at radius 2 is 2.44 bits per heavy atom. The lowest BCUT2D eigenvalue weighted by atomic mass is 10.2. The van der Waals surface area contributed by atoms with Gasteiger partial charge in [0.15, 0.2) is 5.82 Å². The monoisotopic (exact) mass is 236 g/mol. The predicted octanol–water partition coefficient (Wildman–Crippen LogP) is 2.42. The second kappa shape index (κ2) is 5.23. The quantitative estimate of drug-likeness (QED) is 0.838. The number of hydrogen-bond donors (Lipinski definition) is 2. The maximum atomic E-state index is 4.27. The molecule has 2 heterocycles. The summed E-state index contributed by atoms with van der Waals surface area (Å²) in [5, 5.41) is 12.5. The number of H-pyrrole nitrogens is 1. The van der Waals surface area contributed by atoms with Crippen LogP contribution in [0.2, 0.25) is 0 Å². The Morgan fingerprint density at radius 3 is 3.00 bits per heavy atom. The van der Waals surface area contributed by atoms with Crippen LogP contribution in [0.15, 0.2) is 17.5 Å². The normalized spacial score (nSPS) is 12.9. The van der Waals surface area contributed by atoms with Crippen molar-refractivity contribution >= 4 is 11.3 Å². The van der Waals surface area contributed by atoms with E-state index in [1.54, 1.807) is 11.3 Å². The van der Waals surface area contributed by atoms with Crippen LogP contribution in [-0.4, -0.2) is 15.2 Å². The zero-order valence-corrected chi connectivity index (χ0v) is 10.3. The van der Waals surface area contributed by atoms with Crippen LogP contribution >= 0.6 is 11.3 Å². The average molecular weight is 236 g/mol. The van der Waals surface area contributed by atoms with Gasteiger partial charge in [-0.1, -0.05) is 13.0 Å². The lowest BCUT2D eigenvalue weighted by Crippen LogP contribution is -2.20. The van der Waals surface area contributed by atoms with Crippen LogP contribution in [0.25, 0.3) is 0 Å². The van der Waals surface area contributed by atoms with E-state index < -0.39 is 0 Å². The molecule has 0 saturated heterocycles. The number of rotatable bonds is 5. The Bertz CT molecular complexity index is 421. The molecule has 2 rings (SSSR count). The molecular weight excluding hydrogens is 220 g/mol. The van der Waals surface area contributed by atoms with E-state index in [4.69, 9.17) is 0 Å². The molecule has 0 amide bonds. The van der Waals surface area contributed by atoms with Gasteiger partial charge in [0.25, 0.3) is 0 Å². The third-order valence-corrected chi connectivity index (χ3v) is 3.43. The van der Waals surface area contributed by atoms with Crippen molar-refractivity contribution in [2.45, 2.75) is 32.9 Å². The Balaban J connectivity index is 1.93. The highest BCUT2D eigenvalue weighted by Crippen LogP contribution is 2.21. The number of hydrogen-bond acceptors (Lipinski definition) is 4. The number of aryl methyl sites for hydroxylation is 1. The zero-order chi connectivity index (χ0) is 11.4. The number of aromatic amines is 1. The summed E-state index contributed by atoms with van der Waals surface area (Å²) in [4.78, 5) is 5.64. The van der Waals surface area contributed by atoms with Crippen LogP contribution in [0.4, 0.5) is 0 Å². The van der Waals surface area contributed by atoms with Crippen molar-refractivity contribution in [1.29, 1.82) is 0 Å². The second-order valence-electron chi connectivity index (χ2n) is 3.69. The van der Waals surface area contributed by atoms with Gasteiger partial charge < -0.3 is 5.32 Å². The largest absolute Gasteiger partial charge is 0.302 e. The van der Waals surface area contributed by atoms with Crippen LogP contribution in [0.1, 0.15) is 35.9 Å². The van der Waals surface area contributed by atoms with Gasteiger partial charge in [-0.15, -0.1) is 11.3 Å². The standard InChI is InChI=1S/C11H16N4S/c1-3-9(10-5-4-6-16-10)12-7-11-13-8(2)14-15-11/h4-6,9,12H,3,7H2,1-2H3,(H,13,14,15). The Hall–Kier alpha value is -1.20. The predicted molar refractivity (Wildman–Crippen MR) is 65.3 cm³/mol. The maximum absolute atomic E-state index is 4.27. The molecule has 2 aromatic heterocycles. The third-order valence-electron chi connectivity index (χ3n) is 2.44. The van der Waals surface area contributed by atoms with E-state index in [0.29, 0.717) is 12.6 Å². The molecule has 2 N–H and O–H groups in total. The van der Waals surface area contributed by atoms with Crippen molar-refractivity contribution in [2.24, 2.45) is 0 Å². The molecule has 0 spiro atoms. The van der Waals surface area contributed by atoms with Crippen molar-refractivity contribution in [3.8, 4) is 0 Å². The first-order valence-electron chi connectivity index (χ1n) is 5.44. The Labute approximate surface area is 99.1 Å². The van der Waals surface area contributed by atoms with Crippen LogP contribution in [0.3, 0.4) is 0 Å². The fourth-order valence-corrected chi connectivity index (χ4v) is 2.50. The first-order valence-corrected chi connectivity index (χ1v) is 6.32. The molecule has 2 aromatic rings. The number of nitrogens with one attached hydrogen (secondary N) is 2. The van der Waals surface area contributed by atoms with Gasteiger partial charge in [-0.05, 0) is 24.8 Å². The molecule has 86 valence electrons. The molecule has 0 aromatic carbocycles. The summed E-state index contributed by atoms with van der Waals surface area (Å²) in [5.41, 5.74) is 0. The molecule has 0 fully saturated rings. The molecule has 4 nitrogen and oxygen atoms in total. The van der Waals surface area contributed by atoms with Crippen molar-refractivity contribution in [1.82, 2.24) is 20.5 Å². The average Bonchev–Trinajstić information content (AvgIpc) is 2.91. The zero-order valence-electron chi connectivity index (χ0n) is 9.53. The molecule has 0 radical (unpaired) electrons. The van der Waals surface area contributed by atoms with Crippen molar-refractivity contribution in [3.05, 3.63) is 34.0 Å². The van der Waals surface area contributed by atoms with Gasteiger partial charge >= 0.3 is 0 Å². The highest BCUT2D eigenvalue weighted by molar-refractivity contribution is 7.10. The fourth-order valence-electron chi connectivity index (χ4n) is 1.62. The van der Waals surface area contributed by atoms with Crippen molar-refractivity contribution in [2.75, 3.05) is 0 Å². The summed E-state index contributed by atoms with van der Waals surface area (Å²) in [7, 11) is 0. The fraction of sp³-hybridized carbons (Fsp3) is 0.455. The Kier molecular flexibility index (Phi) is 3.69. The Morgan fingerprint density at radius 1 is 1.56 bits per heavy atom. The van der Waals surface area contributed by atoms with Gasteiger partial charge in [0, 0.05) is 10.9 Å². The topological polar surface area (TPSA) is 53.6 Å². The van der Waals surface area contributed by atoms with Gasteiger partial charge in [0.2, 0.25) is 0 Å². The number of aromatic nitrogens is 3. The van der Waals surface area contributed by atoms with Crippen molar-refractivity contribution in [3.63, 3.8) is 0 Å². The molecule has 0 aliphatic carbocycles. The van der Waals surface area contributed by atoms with Crippen LogP contribution in [-0.2, 0) is 6.54 Å².